The molecule has 4 nitrogen and oxygen atoms in total. The fourth-order valence-electron chi connectivity index (χ4n) is 0.633. The van der Waals surface area contributed by atoms with Gasteiger partial charge in [0.25, 0.3) is 0 Å². The van der Waals surface area contributed by atoms with Crippen molar-refractivity contribution in [3.63, 3.8) is 0 Å². The highest BCUT2D eigenvalue weighted by atomic mass is 19.4. The van der Waals surface area contributed by atoms with Crippen molar-refractivity contribution in [3.05, 3.63) is 0 Å². The van der Waals surface area contributed by atoms with Gasteiger partial charge in [-0.2, -0.15) is 13.2 Å². The van der Waals surface area contributed by atoms with Crippen molar-refractivity contribution in [3.8, 4) is 0 Å². The van der Waals surface area contributed by atoms with Gasteiger partial charge in [0.2, 0.25) is 5.91 Å². The molecule has 0 aliphatic heterocycles. The maximum absolute atomic E-state index is 11.8. The Balaban J connectivity index is 4.30. The average Bonchev–Trinajstić information content (AvgIpc) is 2.00. The fraction of sp³-hybridized carbons (Fsp3) is 0.714. The van der Waals surface area contributed by atoms with Crippen molar-refractivity contribution in [2.75, 3.05) is 27.7 Å². The summed E-state index contributed by atoms with van der Waals surface area (Å²) in [6, 6.07) is 0. The van der Waals surface area contributed by atoms with Crippen molar-refractivity contribution in [1.82, 2.24) is 9.80 Å². The maximum Gasteiger partial charge on any atom is 0.471 e. The van der Waals surface area contributed by atoms with Crippen LogP contribution in [0.1, 0.15) is 0 Å². The highest BCUT2D eigenvalue weighted by Gasteiger charge is 2.41. The first-order chi connectivity index (χ1) is 6.16. The number of hydrogen-bond acceptors (Lipinski definition) is 2. The number of alkyl halides is 3. The van der Waals surface area contributed by atoms with Crippen LogP contribution < -0.4 is 0 Å². The van der Waals surface area contributed by atoms with Crippen LogP contribution >= 0.6 is 0 Å². The van der Waals surface area contributed by atoms with E-state index >= 15 is 0 Å². The van der Waals surface area contributed by atoms with E-state index in [2.05, 4.69) is 0 Å². The number of nitrogens with zero attached hydrogens (tertiary/aromatic N) is 2. The molecule has 0 radical (unpaired) electrons. The Morgan fingerprint density at radius 3 is 1.86 bits per heavy atom. The monoisotopic (exact) mass is 212 g/mol. The van der Waals surface area contributed by atoms with Gasteiger partial charge in [-0.1, -0.05) is 0 Å². The number of amides is 2. The SMILES string of the molecule is CN(C)C(=O)CN(C)C(=O)C(F)(F)F. The third-order valence-electron chi connectivity index (χ3n) is 1.46. The van der Waals surface area contributed by atoms with Crippen molar-refractivity contribution in [1.29, 1.82) is 0 Å². The van der Waals surface area contributed by atoms with Crippen LogP contribution in [0.15, 0.2) is 0 Å². The smallest absolute Gasteiger partial charge is 0.347 e. The van der Waals surface area contributed by atoms with E-state index in [1.165, 1.54) is 14.1 Å². The molecule has 0 fully saturated rings. The molecule has 2 amide bonds. The molecule has 0 bridgehead atoms. The summed E-state index contributed by atoms with van der Waals surface area (Å²) in [6.07, 6.45) is -4.93. The average molecular weight is 212 g/mol. The van der Waals surface area contributed by atoms with Crippen molar-refractivity contribution in [2.45, 2.75) is 6.18 Å². The second-order valence-electron chi connectivity index (χ2n) is 2.95. The lowest BCUT2D eigenvalue weighted by molar-refractivity contribution is -0.184. The largest absolute Gasteiger partial charge is 0.471 e. The van der Waals surface area contributed by atoms with Gasteiger partial charge >= 0.3 is 12.1 Å². The van der Waals surface area contributed by atoms with E-state index < -0.39 is 24.5 Å². The minimum absolute atomic E-state index is 0.336. The van der Waals surface area contributed by atoms with Gasteiger partial charge in [0, 0.05) is 21.1 Å². The van der Waals surface area contributed by atoms with Crippen LogP contribution in [-0.2, 0) is 9.59 Å². The fourth-order valence-corrected chi connectivity index (χ4v) is 0.633. The summed E-state index contributed by atoms with van der Waals surface area (Å²) in [6.45, 7) is -0.578. The number of carbonyl (C=O) groups is 2. The van der Waals surface area contributed by atoms with Gasteiger partial charge in [0.1, 0.15) is 0 Å². The Morgan fingerprint density at radius 2 is 1.57 bits per heavy atom. The minimum Gasteiger partial charge on any atom is -0.347 e. The van der Waals surface area contributed by atoms with Crippen molar-refractivity contribution >= 4 is 11.8 Å². The Kier molecular flexibility index (Phi) is 3.91. The lowest BCUT2D eigenvalue weighted by atomic mass is 10.4. The van der Waals surface area contributed by atoms with E-state index in [9.17, 15) is 22.8 Å². The van der Waals surface area contributed by atoms with Gasteiger partial charge in [-0.05, 0) is 0 Å². The Hall–Kier alpha value is -1.27. The molecule has 82 valence electrons. The van der Waals surface area contributed by atoms with Crippen molar-refractivity contribution in [2.24, 2.45) is 0 Å². The number of rotatable bonds is 2. The quantitative estimate of drug-likeness (QED) is 0.651. The lowest BCUT2D eigenvalue weighted by Crippen LogP contribution is -2.43. The molecule has 7 heteroatoms. The summed E-state index contributed by atoms with van der Waals surface area (Å²) in [5.41, 5.74) is 0. The van der Waals surface area contributed by atoms with E-state index in [1.54, 1.807) is 0 Å². The summed E-state index contributed by atoms with van der Waals surface area (Å²) in [5.74, 6) is -2.59. The summed E-state index contributed by atoms with van der Waals surface area (Å²) >= 11 is 0. The maximum atomic E-state index is 11.8. The number of halogens is 3. The van der Waals surface area contributed by atoms with Gasteiger partial charge in [-0.25, -0.2) is 0 Å². The molecule has 0 aliphatic rings. The van der Waals surface area contributed by atoms with E-state index in [1.807, 2.05) is 0 Å². The van der Waals surface area contributed by atoms with E-state index in [-0.39, 0.29) is 0 Å². The van der Waals surface area contributed by atoms with Crippen molar-refractivity contribution < 1.29 is 22.8 Å². The molecule has 0 saturated heterocycles. The third kappa shape index (κ3) is 3.63. The minimum atomic E-state index is -4.93. The lowest BCUT2D eigenvalue weighted by Gasteiger charge is -2.20. The molecule has 0 spiro atoms. The number of likely N-dealkylation sites (N-methyl/N-ethyl adjacent to an activating group) is 2. The standard InChI is InChI=1S/C7H11F3N2O2/c1-11(2)5(13)4-12(3)6(14)7(8,9)10/h4H2,1-3H3. The Bertz CT molecular complexity index is 238. The molecule has 0 unspecified atom stereocenters. The molecule has 0 aromatic heterocycles. The van der Waals surface area contributed by atoms with Crippen LogP contribution in [0, 0.1) is 0 Å². The summed E-state index contributed by atoms with van der Waals surface area (Å²) in [5, 5.41) is 0. The van der Waals surface area contributed by atoms with E-state index in [4.69, 9.17) is 0 Å². The van der Waals surface area contributed by atoms with Crippen LogP contribution in [0.25, 0.3) is 0 Å². The molecule has 0 aromatic carbocycles. The topological polar surface area (TPSA) is 40.6 Å². The van der Waals surface area contributed by atoms with Gasteiger partial charge in [-0.15, -0.1) is 0 Å². The molecule has 0 saturated carbocycles. The van der Waals surface area contributed by atoms with Gasteiger partial charge in [-0.3, -0.25) is 9.59 Å². The first-order valence-corrected chi connectivity index (χ1v) is 3.68. The first-order valence-electron chi connectivity index (χ1n) is 3.68. The molecule has 0 N–H and O–H groups in total. The highest BCUT2D eigenvalue weighted by Crippen LogP contribution is 2.17. The highest BCUT2D eigenvalue weighted by molar-refractivity contribution is 5.87. The summed E-state index contributed by atoms with van der Waals surface area (Å²) in [7, 11) is 3.72. The van der Waals surface area contributed by atoms with Gasteiger partial charge < -0.3 is 9.80 Å². The predicted molar refractivity (Wildman–Crippen MR) is 42.4 cm³/mol. The molecule has 0 atom stereocenters. The zero-order valence-corrected chi connectivity index (χ0v) is 8.05. The first kappa shape index (κ1) is 12.7. The molecule has 0 aliphatic carbocycles. The zero-order chi connectivity index (χ0) is 11.5. The molecular formula is C7H11F3N2O2. The van der Waals surface area contributed by atoms with E-state index in [0.717, 1.165) is 11.9 Å². The zero-order valence-electron chi connectivity index (χ0n) is 8.05. The Morgan fingerprint density at radius 1 is 1.14 bits per heavy atom. The van der Waals surface area contributed by atoms with E-state index in [0.29, 0.717) is 4.90 Å². The van der Waals surface area contributed by atoms with Crippen LogP contribution in [0.2, 0.25) is 0 Å². The van der Waals surface area contributed by atoms with Crippen LogP contribution in [0.5, 0.6) is 0 Å². The van der Waals surface area contributed by atoms with Crippen LogP contribution in [0.3, 0.4) is 0 Å². The molecule has 0 aromatic rings. The number of hydrogen-bond donors (Lipinski definition) is 0. The molecular weight excluding hydrogens is 201 g/mol. The summed E-state index contributed by atoms with van der Waals surface area (Å²) < 4.78 is 35.5. The van der Waals surface area contributed by atoms with Gasteiger partial charge in [0.05, 0.1) is 6.54 Å². The second kappa shape index (κ2) is 4.30. The molecule has 0 heterocycles. The second-order valence-corrected chi connectivity index (χ2v) is 2.95. The van der Waals surface area contributed by atoms with Crippen LogP contribution in [0.4, 0.5) is 13.2 Å². The third-order valence-corrected chi connectivity index (χ3v) is 1.46. The molecule has 0 rings (SSSR count). The number of carbonyl (C=O) groups excluding carboxylic acids is 2. The normalized spacial score (nSPS) is 11.0. The summed E-state index contributed by atoms with van der Waals surface area (Å²) in [4.78, 5) is 22.9. The van der Waals surface area contributed by atoms with Gasteiger partial charge in [0.15, 0.2) is 0 Å². The van der Waals surface area contributed by atoms with Crippen LogP contribution in [-0.4, -0.2) is 55.5 Å². The predicted octanol–water partition coefficient (Wildman–Crippen LogP) is 0.0953. The Labute approximate surface area is 79.3 Å². The molecule has 14 heavy (non-hydrogen) atoms.